The zero-order valence-electron chi connectivity index (χ0n) is 13.5. The van der Waals surface area contributed by atoms with Crippen LogP contribution in [0.3, 0.4) is 0 Å². The summed E-state index contributed by atoms with van der Waals surface area (Å²) in [6, 6.07) is 0.147. The minimum atomic E-state index is -0.0319. The topological polar surface area (TPSA) is 59.1 Å². The first kappa shape index (κ1) is 17.6. The summed E-state index contributed by atoms with van der Waals surface area (Å²) < 4.78 is 3.01. The van der Waals surface area contributed by atoms with E-state index in [2.05, 4.69) is 59.0 Å². The lowest BCUT2D eigenvalue weighted by Gasteiger charge is -2.43. The number of likely N-dealkylation sites (N-methyl/N-ethyl adjacent to an activating group) is 1. The van der Waals surface area contributed by atoms with E-state index < -0.39 is 0 Å². The Morgan fingerprint density at radius 2 is 1.95 bits per heavy atom. The van der Waals surface area contributed by atoms with Crippen LogP contribution in [0.15, 0.2) is 4.47 Å². The molecular weight excluding hydrogens is 318 g/mol. The predicted octanol–water partition coefficient (Wildman–Crippen LogP) is 1.99. The molecule has 0 aliphatic heterocycles. The molecular formula is C14H28BrN5. The van der Waals surface area contributed by atoms with Crippen molar-refractivity contribution in [2.24, 2.45) is 12.9 Å². The van der Waals surface area contributed by atoms with Gasteiger partial charge in [-0.15, -0.1) is 0 Å². The fourth-order valence-corrected chi connectivity index (χ4v) is 3.36. The molecule has 1 atom stereocenters. The van der Waals surface area contributed by atoms with Gasteiger partial charge in [0.15, 0.2) is 0 Å². The van der Waals surface area contributed by atoms with Gasteiger partial charge in [-0.25, -0.2) is 0 Å². The van der Waals surface area contributed by atoms with Crippen LogP contribution < -0.4 is 11.3 Å². The second-order valence-electron chi connectivity index (χ2n) is 5.72. The average molecular weight is 346 g/mol. The summed E-state index contributed by atoms with van der Waals surface area (Å²) in [4.78, 5) is 2.43. The zero-order valence-corrected chi connectivity index (χ0v) is 15.1. The summed E-state index contributed by atoms with van der Waals surface area (Å²) in [5.41, 5.74) is 5.15. The van der Waals surface area contributed by atoms with Crippen LogP contribution in [0.2, 0.25) is 0 Å². The Labute approximate surface area is 131 Å². The number of hydrogen-bond donors (Lipinski definition) is 2. The van der Waals surface area contributed by atoms with Crippen LogP contribution in [0.4, 0.5) is 0 Å². The fourth-order valence-electron chi connectivity index (χ4n) is 2.87. The van der Waals surface area contributed by atoms with Crippen molar-refractivity contribution in [3.05, 3.63) is 15.9 Å². The number of aromatic nitrogens is 2. The van der Waals surface area contributed by atoms with E-state index >= 15 is 0 Å². The van der Waals surface area contributed by atoms with Crippen molar-refractivity contribution in [2.45, 2.75) is 52.6 Å². The average Bonchev–Trinajstić information content (AvgIpc) is 2.62. The second-order valence-corrected chi connectivity index (χ2v) is 6.51. The first-order valence-corrected chi connectivity index (χ1v) is 7.97. The smallest absolute Gasteiger partial charge is 0.0738 e. The quantitative estimate of drug-likeness (QED) is 0.586. The summed E-state index contributed by atoms with van der Waals surface area (Å²) in [6.07, 6.45) is 0.831. The molecule has 3 N–H and O–H groups in total. The number of hydrazine groups is 1. The zero-order chi connectivity index (χ0) is 15.5. The molecule has 1 rings (SSSR count). The maximum atomic E-state index is 5.84. The van der Waals surface area contributed by atoms with Crippen molar-refractivity contribution in [3.8, 4) is 0 Å². The Kier molecular flexibility index (Phi) is 6.19. The number of rotatable bonds is 7. The third-order valence-electron chi connectivity index (χ3n) is 4.29. The third kappa shape index (κ3) is 3.42. The lowest BCUT2D eigenvalue weighted by atomic mass is 9.89. The maximum Gasteiger partial charge on any atom is 0.0738 e. The molecule has 1 aromatic heterocycles. The monoisotopic (exact) mass is 345 g/mol. The summed E-state index contributed by atoms with van der Waals surface area (Å²) in [5, 5.41) is 4.45. The van der Waals surface area contributed by atoms with Crippen molar-refractivity contribution < 1.29 is 0 Å². The maximum absolute atomic E-state index is 5.84. The molecule has 0 radical (unpaired) electrons. The van der Waals surface area contributed by atoms with Gasteiger partial charge in [-0.2, -0.15) is 5.10 Å². The first-order chi connectivity index (χ1) is 9.29. The van der Waals surface area contributed by atoms with Gasteiger partial charge in [0.05, 0.1) is 15.9 Å². The number of nitrogens with two attached hydrogens (primary N) is 1. The van der Waals surface area contributed by atoms with Crippen LogP contribution in [-0.4, -0.2) is 39.4 Å². The van der Waals surface area contributed by atoms with E-state index in [-0.39, 0.29) is 11.6 Å². The number of aryl methyl sites for hydroxylation is 2. The van der Waals surface area contributed by atoms with Crippen LogP contribution in [0.1, 0.15) is 39.1 Å². The van der Waals surface area contributed by atoms with Gasteiger partial charge < -0.3 is 0 Å². The summed E-state index contributed by atoms with van der Waals surface area (Å²) in [6.45, 7) is 12.9. The van der Waals surface area contributed by atoms with Gasteiger partial charge in [-0.1, -0.05) is 13.8 Å². The van der Waals surface area contributed by atoms with Gasteiger partial charge in [0.1, 0.15) is 0 Å². The highest BCUT2D eigenvalue weighted by Gasteiger charge is 2.34. The SMILES string of the molecule is CCN(CC)C(C)(C)C(Cc1c(Br)c(C)nn1C)NN. The Hall–Kier alpha value is -0.430. The van der Waals surface area contributed by atoms with Crippen molar-refractivity contribution >= 4 is 15.9 Å². The normalized spacial score (nSPS) is 14.1. The van der Waals surface area contributed by atoms with Crippen molar-refractivity contribution in [1.82, 2.24) is 20.1 Å². The van der Waals surface area contributed by atoms with E-state index in [0.29, 0.717) is 0 Å². The molecule has 6 heteroatoms. The molecule has 5 nitrogen and oxygen atoms in total. The number of nitrogens with one attached hydrogen (secondary N) is 1. The molecule has 0 saturated heterocycles. The van der Waals surface area contributed by atoms with Gasteiger partial charge in [0.25, 0.3) is 0 Å². The van der Waals surface area contributed by atoms with Gasteiger partial charge in [-0.05, 0) is 49.8 Å². The minimum Gasteiger partial charge on any atom is -0.297 e. The molecule has 1 unspecified atom stereocenters. The lowest BCUT2D eigenvalue weighted by molar-refractivity contribution is 0.0904. The number of hydrogen-bond acceptors (Lipinski definition) is 4. The van der Waals surface area contributed by atoms with E-state index in [1.165, 1.54) is 5.69 Å². The van der Waals surface area contributed by atoms with E-state index in [1.807, 2.05) is 18.7 Å². The summed E-state index contributed by atoms with van der Waals surface area (Å²) in [7, 11) is 1.98. The van der Waals surface area contributed by atoms with Crippen molar-refractivity contribution in [1.29, 1.82) is 0 Å². The molecule has 0 aliphatic carbocycles. The van der Waals surface area contributed by atoms with E-state index in [4.69, 9.17) is 5.84 Å². The van der Waals surface area contributed by atoms with Crippen LogP contribution in [0, 0.1) is 6.92 Å². The third-order valence-corrected chi connectivity index (χ3v) is 5.32. The van der Waals surface area contributed by atoms with Crippen molar-refractivity contribution in [2.75, 3.05) is 13.1 Å². The number of nitrogens with zero attached hydrogens (tertiary/aromatic N) is 3. The molecule has 1 aromatic rings. The molecule has 0 aromatic carbocycles. The highest BCUT2D eigenvalue weighted by molar-refractivity contribution is 9.10. The standard InChI is InChI=1S/C14H28BrN5/c1-7-20(8-2)14(4,5)12(17-16)9-11-13(15)10(3)18-19(11)6/h12,17H,7-9,16H2,1-6H3. The molecule has 0 aliphatic rings. The van der Waals surface area contributed by atoms with Gasteiger partial charge in [0, 0.05) is 25.0 Å². The Balaban J connectivity index is 3.02. The highest BCUT2D eigenvalue weighted by Crippen LogP contribution is 2.26. The Morgan fingerprint density at radius 1 is 1.40 bits per heavy atom. The minimum absolute atomic E-state index is 0.0319. The molecule has 20 heavy (non-hydrogen) atoms. The molecule has 0 amide bonds. The van der Waals surface area contributed by atoms with Crippen LogP contribution in [-0.2, 0) is 13.5 Å². The Bertz CT molecular complexity index is 437. The van der Waals surface area contributed by atoms with Crippen LogP contribution >= 0.6 is 15.9 Å². The largest absolute Gasteiger partial charge is 0.297 e. The Morgan fingerprint density at radius 3 is 2.30 bits per heavy atom. The van der Waals surface area contributed by atoms with E-state index in [1.54, 1.807) is 0 Å². The molecule has 0 saturated carbocycles. The van der Waals surface area contributed by atoms with Crippen LogP contribution in [0.5, 0.6) is 0 Å². The first-order valence-electron chi connectivity index (χ1n) is 7.18. The van der Waals surface area contributed by atoms with E-state index in [0.717, 1.165) is 29.7 Å². The van der Waals surface area contributed by atoms with Gasteiger partial charge in [0.2, 0.25) is 0 Å². The van der Waals surface area contributed by atoms with Gasteiger partial charge >= 0.3 is 0 Å². The fraction of sp³-hybridized carbons (Fsp3) is 0.786. The number of halogens is 1. The second kappa shape index (κ2) is 7.02. The molecule has 0 spiro atoms. The highest BCUT2D eigenvalue weighted by atomic mass is 79.9. The van der Waals surface area contributed by atoms with Crippen molar-refractivity contribution in [3.63, 3.8) is 0 Å². The molecule has 0 bridgehead atoms. The molecule has 1 heterocycles. The lowest BCUT2D eigenvalue weighted by Crippen LogP contribution is -2.60. The summed E-state index contributed by atoms with van der Waals surface area (Å²) >= 11 is 3.63. The molecule has 0 fully saturated rings. The van der Waals surface area contributed by atoms with Gasteiger partial charge in [-0.3, -0.25) is 20.9 Å². The van der Waals surface area contributed by atoms with Crippen LogP contribution in [0.25, 0.3) is 0 Å². The predicted molar refractivity (Wildman–Crippen MR) is 87.5 cm³/mol. The summed E-state index contributed by atoms with van der Waals surface area (Å²) in [5.74, 6) is 5.84. The van der Waals surface area contributed by atoms with E-state index in [9.17, 15) is 0 Å². The molecule has 116 valence electrons.